The van der Waals surface area contributed by atoms with Gasteiger partial charge in [-0.25, -0.2) is 0 Å². The summed E-state index contributed by atoms with van der Waals surface area (Å²) in [5.41, 5.74) is 8.13. The van der Waals surface area contributed by atoms with Crippen LogP contribution in [0.25, 0.3) is 0 Å². The number of rotatable bonds is 4. The maximum absolute atomic E-state index is 11.9. The Bertz CT molecular complexity index is 555. The van der Waals surface area contributed by atoms with Crippen molar-refractivity contribution >= 4 is 11.7 Å². The lowest BCUT2D eigenvalue weighted by Crippen LogP contribution is -2.13. The molecule has 0 amide bonds. The number of aromatic nitrogens is 1. The van der Waals surface area contributed by atoms with E-state index < -0.39 is 0 Å². The maximum atomic E-state index is 11.9. The highest BCUT2D eigenvalue weighted by Gasteiger charge is 2.16. The molecule has 0 bridgehead atoms. The van der Waals surface area contributed by atoms with Gasteiger partial charge in [0.15, 0.2) is 0 Å². The topological polar surface area (TPSA) is 65.2 Å². The minimum Gasteiger partial charge on any atom is -0.460 e. The van der Waals surface area contributed by atoms with Gasteiger partial charge in [0, 0.05) is 18.1 Å². The van der Waals surface area contributed by atoms with Crippen molar-refractivity contribution in [3.05, 3.63) is 59.9 Å². The largest absolute Gasteiger partial charge is 0.460 e. The normalized spacial score (nSPS) is 11.8. The van der Waals surface area contributed by atoms with E-state index in [-0.39, 0.29) is 18.5 Å². The highest BCUT2D eigenvalue weighted by atomic mass is 16.5. The summed E-state index contributed by atoms with van der Waals surface area (Å²) in [4.78, 5) is 15.9. The quantitative estimate of drug-likeness (QED) is 0.674. The zero-order chi connectivity index (χ0) is 13.7. The van der Waals surface area contributed by atoms with Gasteiger partial charge in [0.1, 0.15) is 6.61 Å². The van der Waals surface area contributed by atoms with Gasteiger partial charge < -0.3 is 10.5 Å². The summed E-state index contributed by atoms with van der Waals surface area (Å²) in [7, 11) is 0. The second-order valence-electron chi connectivity index (χ2n) is 4.35. The van der Waals surface area contributed by atoms with E-state index in [1.807, 2.05) is 31.2 Å². The number of carbonyl (C=O) groups is 1. The molecule has 4 heteroatoms. The summed E-state index contributed by atoms with van der Waals surface area (Å²) in [5, 5.41) is 0. The zero-order valence-corrected chi connectivity index (χ0v) is 10.7. The number of esters is 1. The average molecular weight is 256 g/mol. The molecule has 0 aliphatic rings. The summed E-state index contributed by atoms with van der Waals surface area (Å²) in [5.74, 6) is -0.590. The van der Waals surface area contributed by atoms with Crippen molar-refractivity contribution in [2.75, 3.05) is 5.73 Å². The Morgan fingerprint density at radius 2 is 2.05 bits per heavy atom. The predicted molar refractivity (Wildman–Crippen MR) is 73.3 cm³/mol. The van der Waals surface area contributed by atoms with Crippen molar-refractivity contribution in [2.45, 2.75) is 19.4 Å². The number of ether oxygens (including phenoxy) is 1. The summed E-state index contributed by atoms with van der Waals surface area (Å²) in [6, 6.07) is 10.9. The maximum Gasteiger partial charge on any atom is 0.313 e. The molecule has 0 aliphatic carbocycles. The van der Waals surface area contributed by atoms with Crippen LogP contribution in [-0.2, 0) is 16.1 Å². The van der Waals surface area contributed by atoms with Gasteiger partial charge in [-0.2, -0.15) is 0 Å². The van der Waals surface area contributed by atoms with Crippen LogP contribution in [0.3, 0.4) is 0 Å². The molecule has 2 N–H and O–H groups in total. The molecule has 2 rings (SSSR count). The van der Waals surface area contributed by atoms with Crippen molar-refractivity contribution in [2.24, 2.45) is 0 Å². The van der Waals surface area contributed by atoms with E-state index in [0.29, 0.717) is 5.69 Å². The van der Waals surface area contributed by atoms with E-state index in [1.54, 1.807) is 24.5 Å². The van der Waals surface area contributed by atoms with E-state index in [9.17, 15) is 4.79 Å². The summed E-state index contributed by atoms with van der Waals surface area (Å²) < 4.78 is 5.28. The molecular formula is C15H16N2O2. The van der Waals surface area contributed by atoms with Crippen LogP contribution in [0.4, 0.5) is 5.69 Å². The van der Waals surface area contributed by atoms with E-state index in [0.717, 1.165) is 11.1 Å². The van der Waals surface area contributed by atoms with Crippen LogP contribution in [0.1, 0.15) is 24.0 Å². The first-order chi connectivity index (χ1) is 9.16. The van der Waals surface area contributed by atoms with Crippen LogP contribution >= 0.6 is 0 Å². The fraction of sp³-hybridized carbons (Fsp3) is 0.200. The number of nitrogens with zero attached hydrogens (tertiary/aromatic N) is 1. The van der Waals surface area contributed by atoms with Gasteiger partial charge >= 0.3 is 5.97 Å². The average Bonchev–Trinajstić information content (AvgIpc) is 2.45. The summed E-state index contributed by atoms with van der Waals surface area (Å²) in [6.07, 6.45) is 3.34. The molecule has 0 saturated heterocycles. The van der Waals surface area contributed by atoms with Crippen molar-refractivity contribution in [1.29, 1.82) is 0 Å². The molecule has 0 fully saturated rings. The third-order valence-electron chi connectivity index (χ3n) is 2.89. The van der Waals surface area contributed by atoms with Gasteiger partial charge in [-0.05, 0) is 42.3 Å². The van der Waals surface area contributed by atoms with E-state index in [2.05, 4.69) is 4.98 Å². The lowest BCUT2D eigenvalue weighted by atomic mass is 10.0. The van der Waals surface area contributed by atoms with Gasteiger partial charge in [0.25, 0.3) is 0 Å². The molecule has 1 aromatic heterocycles. The number of nitrogens with two attached hydrogens (primary N) is 1. The Balaban J connectivity index is 1.96. The SMILES string of the molecule is CC(C(=O)OCc1ccncc1)c1cccc(N)c1. The number of carbonyl (C=O) groups excluding carboxylic acids is 1. The first-order valence-corrected chi connectivity index (χ1v) is 6.08. The van der Waals surface area contributed by atoms with E-state index >= 15 is 0 Å². The van der Waals surface area contributed by atoms with Crippen molar-refractivity contribution in [1.82, 2.24) is 4.98 Å². The molecular weight excluding hydrogens is 240 g/mol. The molecule has 0 saturated carbocycles. The molecule has 2 aromatic rings. The number of nitrogen functional groups attached to an aromatic ring is 1. The Morgan fingerprint density at radius 3 is 2.74 bits per heavy atom. The number of hydrogen-bond acceptors (Lipinski definition) is 4. The van der Waals surface area contributed by atoms with E-state index in [4.69, 9.17) is 10.5 Å². The van der Waals surface area contributed by atoms with Gasteiger partial charge in [-0.15, -0.1) is 0 Å². The standard InChI is InChI=1S/C15H16N2O2/c1-11(13-3-2-4-14(16)9-13)15(18)19-10-12-5-7-17-8-6-12/h2-9,11H,10,16H2,1H3. The van der Waals surface area contributed by atoms with Crippen LogP contribution in [-0.4, -0.2) is 11.0 Å². The Morgan fingerprint density at radius 1 is 1.32 bits per heavy atom. The highest BCUT2D eigenvalue weighted by Crippen LogP contribution is 2.19. The predicted octanol–water partition coefficient (Wildman–Crippen LogP) is 2.51. The molecule has 19 heavy (non-hydrogen) atoms. The van der Waals surface area contributed by atoms with Crippen LogP contribution in [0.5, 0.6) is 0 Å². The molecule has 98 valence electrons. The monoisotopic (exact) mass is 256 g/mol. The smallest absolute Gasteiger partial charge is 0.313 e. The van der Waals surface area contributed by atoms with Crippen molar-refractivity contribution in [3.8, 4) is 0 Å². The Hall–Kier alpha value is -2.36. The van der Waals surface area contributed by atoms with Crippen LogP contribution in [0, 0.1) is 0 Å². The number of hydrogen-bond donors (Lipinski definition) is 1. The van der Waals surface area contributed by atoms with Gasteiger partial charge in [0.2, 0.25) is 0 Å². The van der Waals surface area contributed by atoms with Gasteiger partial charge in [-0.1, -0.05) is 12.1 Å². The highest BCUT2D eigenvalue weighted by molar-refractivity contribution is 5.78. The van der Waals surface area contributed by atoms with Crippen molar-refractivity contribution < 1.29 is 9.53 Å². The molecule has 1 aromatic carbocycles. The Labute approximate surface area is 112 Å². The molecule has 1 atom stereocenters. The molecule has 4 nitrogen and oxygen atoms in total. The first kappa shape index (κ1) is 13.1. The molecule has 0 spiro atoms. The minimum atomic E-state index is -0.328. The minimum absolute atomic E-state index is 0.258. The van der Waals surface area contributed by atoms with Crippen molar-refractivity contribution in [3.63, 3.8) is 0 Å². The fourth-order valence-corrected chi connectivity index (χ4v) is 1.72. The second kappa shape index (κ2) is 6.00. The molecule has 1 unspecified atom stereocenters. The summed E-state index contributed by atoms with van der Waals surface area (Å²) in [6.45, 7) is 2.07. The third-order valence-corrected chi connectivity index (χ3v) is 2.89. The molecule has 0 radical (unpaired) electrons. The molecule has 1 heterocycles. The van der Waals surface area contributed by atoms with Gasteiger partial charge in [0.05, 0.1) is 5.92 Å². The number of benzene rings is 1. The first-order valence-electron chi connectivity index (χ1n) is 6.08. The third kappa shape index (κ3) is 3.55. The second-order valence-corrected chi connectivity index (χ2v) is 4.35. The number of pyridine rings is 1. The van der Waals surface area contributed by atoms with Crippen LogP contribution in [0.15, 0.2) is 48.8 Å². The van der Waals surface area contributed by atoms with Crippen LogP contribution < -0.4 is 5.73 Å². The fourth-order valence-electron chi connectivity index (χ4n) is 1.72. The lowest BCUT2D eigenvalue weighted by Gasteiger charge is -2.12. The number of anilines is 1. The Kier molecular flexibility index (Phi) is 4.13. The summed E-state index contributed by atoms with van der Waals surface area (Å²) >= 11 is 0. The van der Waals surface area contributed by atoms with Gasteiger partial charge in [-0.3, -0.25) is 9.78 Å². The molecule has 0 aliphatic heterocycles. The lowest BCUT2D eigenvalue weighted by molar-refractivity contribution is -0.146. The zero-order valence-electron chi connectivity index (χ0n) is 10.7. The van der Waals surface area contributed by atoms with Crippen LogP contribution in [0.2, 0.25) is 0 Å². The van der Waals surface area contributed by atoms with E-state index in [1.165, 1.54) is 0 Å².